The summed E-state index contributed by atoms with van der Waals surface area (Å²) in [5.74, 6) is 0.786. The molecule has 0 bridgehead atoms. The highest BCUT2D eigenvalue weighted by molar-refractivity contribution is 5.71. The molecular formula is C6H7N5. The molecule has 1 aromatic rings. The number of nitrogens with two attached hydrogens (primary N) is 1. The minimum absolute atomic E-state index is 0.327. The molecule has 0 aliphatic rings. The fourth-order valence-electron chi connectivity index (χ4n) is 0.582. The zero-order chi connectivity index (χ0) is 8.10. The highest BCUT2D eigenvalue weighted by Crippen LogP contribution is 2.02. The van der Waals surface area contributed by atoms with Gasteiger partial charge in [0.1, 0.15) is 0 Å². The van der Waals surface area contributed by atoms with Crippen LogP contribution in [-0.2, 0) is 0 Å². The fraction of sp³-hybridized carbons (Fsp3) is 0. The lowest BCUT2D eigenvalue weighted by atomic mass is 10.5. The quantitative estimate of drug-likeness (QED) is 0.461. The Kier molecular flexibility index (Phi) is 2.27. The minimum atomic E-state index is 0.327. The van der Waals surface area contributed by atoms with Gasteiger partial charge in [-0.05, 0) is 0 Å². The van der Waals surface area contributed by atoms with Crippen molar-refractivity contribution in [1.82, 2.24) is 9.97 Å². The number of aromatic nitrogens is 2. The van der Waals surface area contributed by atoms with Gasteiger partial charge in [-0.1, -0.05) is 0 Å². The van der Waals surface area contributed by atoms with Crippen LogP contribution in [0.5, 0.6) is 0 Å². The van der Waals surface area contributed by atoms with Gasteiger partial charge in [0, 0.05) is 12.3 Å². The third-order valence-corrected chi connectivity index (χ3v) is 0.995. The molecule has 0 aliphatic heterocycles. The van der Waals surface area contributed by atoms with Gasteiger partial charge in [0.25, 0.3) is 0 Å². The SMILES string of the molecule is N=Cc1nccc(N=CN)n1. The zero-order valence-electron chi connectivity index (χ0n) is 5.73. The second-order valence-corrected chi connectivity index (χ2v) is 1.70. The summed E-state index contributed by atoms with van der Waals surface area (Å²) >= 11 is 0. The average Bonchev–Trinajstić information content (AvgIpc) is 2.06. The molecule has 1 heterocycles. The minimum Gasteiger partial charge on any atom is -0.390 e. The van der Waals surface area contributed by atoms with Crippen LogP contribution in [0.1, 0.15) is 5.82 Å². The first-order valence-corrected chi connectivity index (χ1v) is 2.94. The number of hydrogen-bond acceptors (Lipinski definition) is 4. The molecule has 5 nitrogen and oxygen atoms in total. The van der Waals surface area contributed by atoms with E-state index in [0.717, 1.165) is 12.6 Å². The maximum Gasteiger partial charge on any atom is 0.172 e. The van der Waals surface area contributed by atoms with E-state index in [0.29, 0.717) is 11.6 Å². The van der Waals surface area contributed by atoms with Crippen molar-refractivity contribution in [2.24, 2.45) is 10.7 Å². The molecule has 0 unspecified atom stereocenters. The van der Waals surface area contributed by atoms with Crippen molar-refractivity contribution in [1.29, 1.82) is 5.41 Å². The molecule has 0 fully saturated rings. The molecule has 3 N–H and O–H groups in total. The molecule has 0 aromatic carbocycles. The summed E-state index contributed by atoms with van der Waals surface area (Å²) in [5, 5.41) is 6.84. The summed E-state index contributed by atoms with van der Waals surface area (Å²) in [5.41, 5.74) is 5.04. The third kappa shape index (κ3) is 1.82. The number of rotatable bonds is 2. The Labute approximate surface area is 63.5 Å². The van der Waals surface area contributed by atoms with Crippen molar-refractivity contribution >= 4 is 18.4 Å². The van der Waals surface area contributed by atoms with Crippen molar-refractivity contribution in [2.75, 3.05) is 0 Å². The molecule has 1 rings (SSSR count). The Morgan fingerprint density at radius 1 is 1.64 bits per heavy atom. The van der Waals surface area contributed by atoms with Crippen LogP contribution in [0.3, 0.4) is 0 Å². The smallest absolute Gasteiger partial charge is 0.172 e. The normalized spacial score (nSPS) is 10.2. The predicted molar refractivity (Wildman–Crippen MR) is 42.3 cm³/mol. The Balaban J connectivity index is 3.00. The molecule has 0 amide bonds. The molecular weight excluding hydrogens is 142 g/mol. The Hall–Kier alpha value is -1.78. The van der Waals surface area contributed by atoms with Crippen LogP contribution in [0.15, 0.2) is 17.3 Å². The van der Waals surface area contributed by atoms with Gasteiger partial charge < -0.3 is 11.1 Å². The van der Waals surface area contributed by atoms with Gasteiger partial charge in [-0.15, -0.1) is 0 Å². The van der Waals surface area contributed by atoms with Crippen molar-refractivity contribution in [2.45, 2.75) is 0 Å². The van der Waals surface area contributed by atoms with E-state index in [2.05, 4.69) is 15.0 Å². The van der Waals surface area contributed by atoms with Crippen molar-refractivity contribution in [3.8, 4) is 0 Å². The van der Waals surface area contributed by atoms with Crippen LogP contribution in [0, 0.1) is 5.41 Å². The summed E-state index contributed by atoms with van der Waals surface area (Å²) < 4.78 is 0. The molecule has 0 aliphatic carbocycles. The summed E-state index contributed by atoms with van der Waals surface area (Å²) in [6.07, 6.45) is 3.72. The lowest BCUT2D eigenvalue weighted by Crippen LogP contribution is -1.92. The highest BCUT2D eigenvalue weighted by Gasteiger charge is 1.91. The van der Waals surface area contributed by atoms with Gasteiger partial charge in [0.05, 0.1) is 12.6 Å². The zero-order valence-corrected chi connectivity index (χ0v) is 5.73. The van der Waals surface area contributed by atoms with Crippen molar-refractivity contribution in [3.05, 3.63) is 18.1 Å². The first-order chi connectivity index (χ1) is 5.36. The van der Waals surface area contributed by atoms with E-state index < -0.39 is 0 Å². The lowest BCUT2D eigenvalue weighted by molar-refractivity contribution is 1.12. The molecule has 5 heteroatoms. The summed E-state index contributed by atoms with van der Waals surface area (Å²) in [6, 6.07) is 1.61. The van der Waals surface area contributed by atoms with Crippen LogP contribution in [0.4, 0.5) is 5.82 Å². The third-order valence-electron chi connectivity index (χ3n) is 0.995. The van der Waals surface area contributed by atoms with Gasteiger partial charge in [0.15, 0.2) is 11.6 Å². The van der Waals surface area contributed by atoms with E-state index >= 15 is 0 Å². The largest absolute Gasteiger partial charge is 0.390 e. The van der Waals surface area contributed by atoms with E-state index in [1.54, 1.807) is 6.07 Å². The van der Waals surface area contributed by atoms with Crippen LogP contribution in [0.2, 0.25) is 0 Å². The van der Waals surface area contributed by atoms with E-state index in [9.17, 15) is 0 Å². The van der Waals surface area contributed by atoms with Crippen LogP contribution in [0.25, 0.3) is 0 Å². The number of aliphatic imine (C=N–C) groups is 1. The van der Waals surface area contributed by atoms with Gasteiger partial charge in [-0.3, -0.25) is 0 Å². The average molecular weight is 149 g/mol. The predicted octanol–water partition coefficient (Wildman–Crippen LogP) is 0.0928. The van der Waals surface area contributed by atoms with E-state index in [1.807, 2.05) is 0 Å². The standard InChI is InChI=1S/C6H7N5/c7-3-6-9-2-1-5(11-6)10-4-8/h1-4,7H,(H2,8,9,10,11). The molecule has 0 atom stereocenters. The fourth-order valence-corrected chi connectivity index (χ4v) is 0.582. The highest BCUT2D eigenvalue weighted by atomic mass is 15.0. The second-order valence-electron chi connectivity index (χ2n) is 1.70. The first-order valence-electron chi connectivity index (χ1n) is 2.94. The van der Waals surface area contributed by atoms with Crippen LogP contribution >= 0.6 is 0 Å². The van der Waals surface area contributed by atoms with Gasteiger partial charge in [-0.25, -0.2) is 15.0 Å². The molecule has 0 radical (unpaired) electrons. The van der Waals surface area contributed by atoms with Crippen LogP contribution in [-0.4, -0.2) is 22.5 Å². The molecule has 0 saturated heterocycles. The molecule has 11 heavy (non-hydrogen) atoms. The van der Waals surface area contributed by atoms with Crippen LogP contribution < -0.4 is 5.73 Å². The Bertz CT molecular complexity index is 280. The molecule has 56 valence electrons. The monoisotopic (exact) mass is 149 g/mol. The first kappa shape index (κ1) is 7.33. The Morgan fingerprint density at radius 3 is 3.09 bits per heavy atom. The molecule has 1 aromatic heterocycles. The summed E-state index contributed by atoms with van der Waals surface area (Å²) in [4.78, 5) is 11.3. The number of hydrogen-bond donors (Lipinski definition) is 2. The van der Waals surface area contributed by atoms with Gasteiger partial charge in [-0.2, -0.15) is 0 Å². The topological polar surface area (TPSA) is 88.0 Å². The van der Waals surface area contributed by atoms with Gasteiger partial charge >= 0.3 is 0 Å². The van der Waals surface area contributed by atoms with E-state index in [1.165, 1.54) is 6.20 Å². The van der Waals surface area contributed by atoms with Gasteiger partial charge in [0.2, 0.25) is 0 Å². The molecule has 0 spiro atoms. The second kappa shape index (κ2) is 3.40. The number of nitrogens with one attached hydrogen (secondary N) is 1. The number of nitrogens with zero attached hydrogens (tertiary/aromatic N) is 3. The summed E-state index contributed by atoms with van der Waals surface area (Å²) in [7, 11) is 0. The lowest BCUT2D eigenvalue weighted by Gasteiger charge is -1.91. The Morgan fingerprint density at radius 2 is 2.45 bits per heavy atom. The molecule has 0 saturated carbocycles. The van der Waals surface area contributed by atoms with Crippen molar-refractivity contribution in [3.63, 3.8) is 0 Å². The summed E-state index contributed by atoms with van der Waals surface area (Å²) in [6.45, 7) is 0. The maximum absolute atomic E-state index is 6.84. The van der Waals surface area contributed by atoms with Crippen molar-refractivity contribution < 1.29 is 0 Å². The van der Waals surface area contributed by atoms with E-state index in [-0.39, 0.29) is 0 Å². The maximum atomic E-state index is 6.84. The van der Waals surface area contributed by atoms with E-state index in [4.69, 9.17) is 11.1 Å².